The first-order valence-corrected chi connectivity index (χ1v) is 10.8. The Morgan fingerprint density at radius 3 is 2.34 bits per heavy atom. The van der Waals surface area contributed by atoms with Crippen LogP contribution in [0.3, 0.4) is 0 Å². The van der Waals surface area contributed by atoms with Gasteiger partial charge in [0.05, 0.1) is 16.9 Å². The lowest BCUT2D eigenvalue weighted by Crippen LogP contribution is -2.37. The first kappa shape index (κ1) is 21.0. The molecule has 5 rings (SSSR count). The lowest BCUT2D eigenvalue weighted by Gasteiger charge is -2.28. The van der Waals surface area contributed by atoms with Crippen LogP contribution in [0.2, 0.25) is 5.02 Å². The minimum Gasteiger partial charge on any atom is -0.273 e. The van der Waals surface area contributed by atoms with Crippen molar-refractivity contribution >= 4 is 46.1 Å². The summed E-state index contributed by atoms with van der Waals surface area (Å²) in [4.78, 5) is 34.1. The Labute approximate surface area is 189 Å². The molecule has 0 aliphatic carbocycles. The van der Waals surface area contributed by atoms with Crippen LogP contribution in [0.15, 0.2) is 66.0 Å². The van der Waals surface area contributed by atoms with Crippen molar-refractivity contribution < 1.29 is 27.6 Å². The SMILES string of the molecule is O=C1[C@H]2[C@@H](ON(c3ccc(Cl)cc3)[C@H]2c2cccs2)C(=O)N1c1cccc(C(F)(F)F)c1. The van der Waals surface area contributed by atoms with E-state index < -0.39 is 41.6 Å². The van der Waals surface area contributed by atoms with E-state index in [0.717, 1.165) is 21.9 Å². The number of hydrogen-bond acceptors (Lipinski definition) is 5. The van der Waals surface area contributed by atoms with Gasteiger partial charge in [-0.2, -0.15) is 13.2 Å². The summed E-state index contributed by atoms with van der Waals surface area (Å²) in [5.41, 5.74) is -0.463. The minimum atomic E-state index is -4.60. The van der Waals surface area contributed by atoms with Gasteiger partial charge in [0.2, 0.25) is 5.91 Å². The molecule has 0 bridgehead atoms. The van der Waals surface area contributed by atoms with Gasteiger partial charge in [0.1, 0.15) is 12.0 Å². The Hall–Kier alpha value is -2.88. The number of alkyl halides is 3. The Morgan fingerprint density at radius 2 is 1.69 bits per heavy atom. The summed E-state index contributed by atoms with van der Waals surface area (Å²) in [6, 6.07) is 14.0. The van der Waals surface area contributed by atoms with Gasteiger partial charge >= 0.3 is 6.18 Å². The van der Waals surface area contributed by atoms with E-state index in [0.29, 0.717) is 10.7 Å². The van der Waals surface area contributed by atoms with Gasteiger partial charge in [0, 0.05) is 9.90 Å². The third-order valence-electron chi connectivity index (χ3n) is 5.46. The van der Waals surface area contributed by atoms with Crippen LogP contribution in [0.5, 0.6) is 0 Å². The fourth-order valence-corrected chi connectivity index (χ4v) is 5.03. The molecule has 2 aromatic carbocycles. The van der Waals surface area contributed by atoms with E-state index in [2.05, 4.69) is 0 Å². The molecule has 0 radical (unpaired) electrons. The molecule has 3 aromatic rings. The third-order valence-corrected chi connectivity index (χ3v) is 6.66. The highest BCUT2D eigenvalue weighted by Gasteiger charge is 2.60. The molecule has 0 spiro atoms. The zero-order chi connectivity index (χ0) is 22.6. The maximum Gasteiger partial charge on any atom is 0.416 e. The van der Waals surface area contributed by atoms with Crippen molar-refractivity contribution in [2.45, 2.75) is 18.3 Å². The lowest BCUT2D eigenvalue weighted by atomic mass is 9.95. The number of nitrogens with zero attached hydrogens (tertiary/aromatic N) is 2. The monoisotopic (exact) mass is 478 g/mol. The smallest absolute Gasteiger partial charge is 0.273 e. The van der Waals surface area contributed by atoms with Crippen molar-refractivity contribution in [3.63, 3.8) is 0 Å². The van der Waals surface area contributed by atoms with Crippen LogP contribution in [0.25, 0.3) is 0 Å². The molecule has 0 unspecified atom stereocenters. The van der Waals surface area contributed by atoms with Crippen LogP contribution in [-0.4, -0.2) is 17.9 Å². The topological polar surface area (TPSA) is 49.9 Å². The second kappa shape index (κ2) is 7.61. The van der Waals surface area contributed by atoms with Crippen molar-refractivity contribution in [3.8, 4) is 0 Å². The second-order valence-corrected chi connectivity index (χ2v) is 8.79. The second-order valence-electron chi connectivity index (χ2n) is 7.37. The van der Waals surface area contributed by atoms with E-state index in [1.807, 2.05) is 17.5 Å². The Balaban J connectivity index is 1.54. The van der Waals surface area contributed by atoms with Crippen LogP contribution in [0.1, 0.15) is 16.5 Å². The zero-order valence-corrected chi connectivity index (χ0v) is 17.7. The molecule has 2 amide bonds. The first-order valence-electron chi connectivity index (χ1n) is 9.56. The van der Waals surface area contributed by atoms with E-state index >= 15 is 0 Å². The zero-order valence-electron chi connectivity index (χ0n) is 16.1. The van der Waals surface area contributed by atoms with Crippen molar-refractivity contribution in [2.75, 3.05) is 9.96 Å². The van der Waals surface area contributed by atoms with E-state index in [9.17, 15) is 22.8 Å². The molecular formula is C22H14ClF3N2O3S. The highest BCUT2D eigenvalue weighted by atomic mass is 35.5. The van der Waals surface area contributed by atoms with Crippen LogP contribution in [0, 0.1) is 5.92 Å². The Morgan fingerprint density at radius 1 is 0.938 bits per heavy atom. The lowest BCUT2D eigenvalue weighted by molar-refractivity contribution is -0.137. The van der Waals surface area contributed by atoms with Crippen LogP contribution >= 0.6 is 22.9 Å². The molecule has 1 aromatic heterocycles. The van der Waals surface area contributed by atoms with Crippen LogP contribution < -0.4 is 9.96 Å². The number of rotatable bonds is 3. The summed E-state index contributed by atoms with van der Waals surface area (Å²) < 4.78 is 39.5. The van der Waals surface area contributed by atoms with E-state index in [-0.39, 0.29) is 5.69 Å². The normalized spacial score (nSPS) is 23.2. The van der Waals surface area contributed by atoms with Crippen molar-refractivity contribution in [1.29, 1.82) is 0 Å². The molecule has 0 saturated carbocycles. The molecule has 3 atom stereocenters. The number of thiophene rings is 1. The summed E-state index contributed by atoms with van der Waals surface area (Å²) in [5.74, 6) is -2.21. The summed E-state index contributed by atoms with van der Waals surface area (Å²) in [5, 5.41) is 3.87. The van der Waals surface area contributed by atoms with Gasteiger partial charge < -0.3 is 0 Å². The largest absolute Gasteiger partial charge is 0.416 e. The molecule has 0 N–H and O–H groups in total. The van der Waals surface area contributed by atoms with Crippen LogP contribution in [-0.2, 0) is 20.6 Å². The number of carbonyl (C=O) groups is 2. The third kappa shape index (κ3) is 3.37. The van der Waals surface area contributed by atoms with Crippen molar-refractivity contribution in [3.05, 3.63) is 81.5 Å². The fraction of sp³-hybridized carbons (Fsp3) is 0.182. The van der Waals surface area contributed by atoms with Gasteiger partial charge in [-0.1, -0.05) is 23.7 Å². The number of fused-ring (bicyclic) bond motifs is 1. The molecule has 2 fully saturated rings. The number of anilines is 2. The summed E-state index contributed by atoms with van der Waals surface area (Å²) >= 11 is 7.37. The summed E-state index contributed by atoms with van der Waals surface area (Å²) in [6.07, 6.45) is -5.75. The Kier molecular flexibility index (Phi) is 4.99. The molecule has 2 saturated heterocycles. The average Bonchev–Trinajstić information content (AvgIpc) is 3.46. The Bertz CT molecular complexity index is 1180. The number of carbonyl (C=O) groups excluding carboxylic acids is 2. The predicted molar refractivity (Wildman–Crippen MR) is 113 cm³/mol. The van der Waals surface area contributed by atoms with Gasteiger partial charge in [-0.05, 0) is 53.9 Å². The number of halogens is 4. The molecule has 164 valence electrons. The molecule has 2 aliphatic heterocycles. The average molecular weight is 479 g/mol. The molecular weight excluding hydrogens is 465 g/mol. The maximum atomic E-state index is 13.4. The highest BCUT2D eigenvalue weighted by Crippen LogP contribution is 2.49. The van der Waals surface area contributed by atoms with Gasteiger partial charge in [-0.15, -0.1) is 11.3 Å². The standard InChI is InChI=1S/C22H14ClF3N2O3S/c23-13-6-8-14(9-7-13)28-18(16-5-2-10-32-16)17-19(31-28)21(30)27(20(17)29)15-4-1-3-12(11-15)22(24,25)26/h1-11,17-19H/t17-,18+,19-/m1/s1. The number of hydroxylamine groups is 1. The van der Waals surface area contributed by atoms with E-state index in [1.165, 1.54) is 28.5 Å². The maximum absolute atomic E-state index is 13.4. The molecule has 10 heteroatoms. The van der Waals surface area contributed by atoms with Gasteiger partial charge in [-0.25, -0.2) is 9.96 Å². The van der Waals surface area contributed by atoms with Crippen molar-refractivity contribution in [1.82, 2.24) is 0 Å². The molecule has 3 heterocycles. The predicted octanol–water partition coefficient (Wildman–Crippen LogP) is 5.47. The number of amides is 2. The first-order chi connectivity index (χ1) is 15.3. The molecule has 5 nitrogen and oxygen atoms in total. The van der Waals surface area contributed by atoms with Crippen molar-refractivity contribution in [2.24, 2.45) is 5.92 Å². The number of benzene rings is 2. The van der Waals surface area contributed by atoms with E-state index in [1.54, 1.807) is 24.3 Å². The molecule has 32 heavy (non-hydrogen) atoms. The van der Waals surface area contributed by atoms with Gasteiger partial charge in [0.15, 0.2) is 6.10 Å². The van der Waals surface area contributed by atoms with Gasteiger partial charge in [-0.3, -0.25) is 14.4 Å². The summed E-state index contributed by atoms with van der Waals surface area (Å²) in [7, 11) is 0. The number of hydrogen-bond donors (Lipinski definition) is 0. The minimum absolute atomic E-state index is 0.129. The van der Waals surface area contributed by atoms with E-state index in [4.69, 9.17) is 16.4 Å². The highest BCUT2D eigenvalue weighted by molar-refractivity contribution is 7.10. The number of imide groups is 1. The molecule has 2 aliphatic rings. The summed E-state index contributed by atoms with van der Waals surface area (Å²) in [6.45, 7) is 0. The fourth-order valence-electron chi connectivity index (χ4n) is 4.05. The van der Waals surface area contributed by atoms with Crippen LogP contribution in [0.4, 0.5) is 24.5 Å². The van der Waals surface area contributed by atoms with Gasteiger partial charge in [0.25, 0.3) is 5.91 Å². The quantitative estimate of drug-likeness (QED) is 0.468.